The van der Waals surface area contributed by atoms with Gasteiger partial charge in [-0.3, -0.25) is 4.79 Å². The molecule has 0 aliphatic carbocycles. The summed E-state index contributed by atoms with van der Waals surface area (Å²) in [6.45, 7) is 2.47. The number of hydrogen-bond donors (Lipinski definition) is 2. The molecule has 6 nitrogen and oxygen atoms in total. The van der Waals surface area contributed by atoms with Gasteiger partial charge in [-0.05, 0) is 48.6 Å². The fourth-order valence-electron chi connectivity index (χ4n) is 3.77. The van der Waals surface area contributed by atoms with Crippen molar-refractivity contribution in [3.8, 4) is 0 Å². The summed E-state index contributed by atoms with van der Waals surface area (Å²) < 4.78 is 5.50. The normalized spacial score (nSPS) is 18.0. The van der Waals surface area contributed by atoms with Crippen molar-refractivity contribution in [1.82, 2.24) is 10.6 Å². The van der Waals surface area contributed by atoms with Crippen molar-refractivity contribution >= 4 is 17.6 Å². The Morgan fingerprint density at radius 1 is 1.11 bits per heavy atom. The van der Waals surface area contributed by atoms with Gasteiger partial charge in [-0.1, -0.05) is 30.3 Å². The molecule has 2 aromatic carbocycles. The van der Waals surface area contributed by atoms with Gasteiger partial charge in [0.2, 0.25) is 0 Å². The number of fused-ring (bicyclic) bond motifs is 1. The molecule has 6 heteroatoms. The van der Waals surface area contributed by atoms with E-state index >= 15 is 0 Å². The molecule has 2 aromatic rings. The van der Waals surface area contributed by atoms with Crippen LogP contribution in [0.5, 0.6) is 0 Å². The highest BCUT2D eigenvalue weighted by Crippen LogP contribution is 2.30. The molecule has 4 rings (SSSR count). The van der Waals surface area contributed by atoms with Crippen molar-refractivity contribution in [2.24, 2.45) is 0 Å². The maximum atomic E-state index is 12.7. The van der Waals surface area contributed by atoms with Crippen LogP contribution in [0, 0.1) is 0 Å². The van der Waals surface area contributed by atoms with E-state index in [-0.39, 0.29) is 18.0 Å². The third-order valence-electron chi connectivity index (χ3n) is 5.27. The van der Waals surface area contributed by atoms with E-state index in [4.69, 9.17) is 4.74 Å². The van der Waals surface area contributed by atoms with Crippen molar-refractivity contribution in [3.63, 3.8) is 0 Å². The summed E-state index contributed by atoms with van der Waals surface area (Å²) in [5.41, 5.74) is 3.83. The first-order valence-electron chi connectivity index (χ1n) is 9.83. The summed E-state index contributed by atoms with van der Waals surface area (Å²) in [7, 11) is 0. The molecular weight excluding hydrogens is 354 g/mol. The minimum atomic E-state index is -0.183. The Labute approximate surface area is 164 Å². The van der Waals surface area contributed by atoms with Gasteiger partial charge in [0.15, 0.2) is 0 Å². The molecule has 0 radical (unpaired) electrons. The lowest BCUT2D eigenvalue weighted by Gasteiger charge is -2.18. The molecule has 2 aliphatic heterocycles. The van der Waals surface area contributed by atoms with Gasteiger partial charge < -0.3 is 20.3 Å². The average Bonchev–Trinajstić information content (AvgIpc) is 3.40. The molecule has 0 spiro atoms. The predicted octanol–water partition coefficient (Wildman–Crippen LogP) is 2.87. The van der Waals surface area contributed by atoms with Gasteiger partial charge in [-0.15, -0.1) is 0 Å². The van der Waals surface area contributed by atoms with E-state index < -0.39 is 0 Å². The summed E-state index contributed by atoms with van der Waals surface area (Å²) in [6.07, 6.45) is 3.03. The second-order valence-corrected chi connectivity index (χ2v) is 7.23. The zero-order chi connectivity index (χ0) is 19.3. The van der Waals surface area contributed by atoms with Crippen molar-refractivity contribution in [3.05, 3.63) is 65.2 Å². The monoisotopic (exact) mass is 379 g/mol. The molecule has 1 saturated heterocycles. The van der Waals surface area contributed by atoms with Crippen molar-refractivity contribution in [2.75, 3.05) is 24.6 Å². The minimum Gasteiger partial charge on any atom is -0.376 e. The number of carbonyl (C=O) groups is 2. The van der Waals surface area contributed by atoms with E-state index in [2.05, 4.69) is 16.7 Å². The van der Waals surface area contributed by atoms with Crippen LogP contribution < -0.4 is 15.5 Å². The number of benzene rings is 2. The van der Waals surface area contributed by atoms with Crippen molar-refractivity contribution < 1.29 is 14.3 Å². The Morgan fingerprint density at radius 3 is 2.75 bits per heavy atom. The molecule has 1 atom stereocenters. The number of urea groups is 1. The van der Waals surface area contributed by atoms with Crippen molar-refractivity contribution in [1.29, 1.82) is 0 Å². The van der Waals surface area contributed by atoms with Gasteiger partial charge in [0.1, 0.15) is 0 Å². The quantitative estimate of drug-likeness (QED) is 0.839. The molecule has 0 unspecified atom stereocenters. The van der Waals surface area contributed by atoms with Crippen LogP contribution in [-0.2, 0) is 17.7 Å². The van der Waals surface area contributed by atoms with Crippen LogP contribution in [0.4, 0.5) is 10.5 Å². The van der Waals surface area contributed by atoms with Gasteiger partial charge in [-0.25, -0.2) is 4.79 Å². The number of anilines is 1. The number of amides is 3. The lowest BCUT2D eigenvalue weighted by atomic mass is 10.1. The van der Waals surface area contributed by atoms with E-state index in [0.29, 0.717) is 25.2 Å². The Hall–Kier alpha value is -2.86. The third kappa shape index (κ3) is 4.17. The summed E-state index contributed by atoms with van der Waals surface area (Å²) in [6, 6.07) is 15.2. The fourth-order valence-corrected chi connectivity index (χ4v) is 3.77. The van der Waals surface area contributed by atoms with Crippen LogP contribution in [0.1, 0.15) is 34.3 Å². The van der Waals surface area contributed by atoms with Crippen LogP contribution in [0.2, 0.25) is 0 Å². The lowest BCUT2D eigenvalue weighted by molar-refractivity contribution is 0.0989. The maximum Gasteiger partial charge on any atom is 0.315 e. The molecule has 2 heterocycles. The van der Waals surface area contributed by atoms with E-state index in [1.54, 1.807) is 0 Å². The number of nitrogens with one attached hydrogen (secondary N) is 2. The topological polar surface area (TPSA) is 70.7 Å². The summed E-state index contributed by atoms with van der Waals surface area (Å²) >= 11 is 0. The Morgan fingerprint density at radius 2 is 1.96 bits per heavy atom. The van der Waals surface area contributed by atoms with Gasteiger partial charge in [0, 0.05) is 37.5 Å². The standard InChI is InChI=1S/C22H25N3O3/c26-21(17-5-2-1-3-6-17)25-11-10-18-13-16(8-9-20(18)25)14-23-22(27)24-15-19-7-4-12-28-19/h1-3,5-6,8-9,13,19H,4,7,10-12,14-15H2,(H2,23,24,27)/t19-/m0/s1. The van der Waals surface area contributed by atoms with Crippen molar-refractivity contribution in [2.45, 2.75) is 31.9 Å². The molecule has 0 bridgehead atoms. The molecule has 28 heavy (non-hydrogen) atoms. The minimum absolute atomic E-state index is 0.0266. The molecule has 2 N–H and O–H groups in total. The SMILES string of the molecule is O=C(NCc1ccc2c(c1)CCN2C(=O)c1ccccc1)NC[C@@H]1CCCO1. The van der Waals surface area contributed by atoms with E-state index in [9.17, 15) is 9.59 Å². The van der Waals surface area contributed by atoms with E-state index in [1.807, 2.05) is 47.4 Å². The smallest absolute Gasteiger partial charge is 0.315 e. The van der Waals surface area contributed by atoms with Crippen LogP contribution in [0.3, 0.4) is 0 Å². The van der Waals surface area contributed by atoms with Crippen LogP contribution in [0.25, 0.3) is 0 Å². The first kappa shape index (κ1) is 18.5. The number of carbonyl (C=O) groups excluding carboxylic acids is 2. The second kappa shape index (κ2) is 8.44. The predicted molar refractivity (Wildman–Crippen MR) is 107 cm³/mol. The highest BCUT2D eigenvalue weighted by Gasteiger charge is 2.25. The van der Waals surface area contributed by atoms with Gasteiger partial charge in [0.25, 0.3) is 5.91 Å². The molecule has 3 amide bonds. The molecule has 146 valence electrons. The van der Waals surface area contributed by atoms with Crippen LogP contribution in [-0.4, -0.2) is 37.7 Å². The van der Waals surface area contributed by atoms with Gasteiger partial charge in [0.05, 0.1) is 6.10 Å². The lowest BCUT2D eigenvalue weighted by Crippen LogP contribution is -2.39. The van der Waals surface area contributed by atoms with Gasteiger partial charge >= 0.3 is 6.03 Å². The molecular formula is C22H25N3O3. The maximum absolute atomic E-state index is 12.7. The Bertz CT molecular complexity index is 847. The number of rotatable bonds is 5. The first-order valence-corrected chi connectivity index (χ1v) is 9.83. The highest BCUT2D eigenvalue weighted by atomic mass is 16.5. The second-order valence-electron chi connectivity index (χ2n) is 7.23. The molecule has 2 aliphatic rings. The van der Waals surface area contributed by atoms with Crippen LogP contribution >= 0.6 is 0 Å². The molecule has 0 saturated carbocycles. The Balaban J connectivity index is 1.33. The average molecular weight is 379 g/mol. The summed E-state index contributed by atoms with van der Waals surface area (Å²) in [5.74, 6) is 0.0266. The number of nitrogens with zero attached hydrogens (tertiary/aromatic N) is 1. The van der Waals surface area contributed by atoms with Crippen LogP contribution in [0.15, 0.2) is 48.5 Å². The van der Waals surface area contributed by atoms with Gasteiger partial charge in [-0.2, -0.15) is 0 Å². The first-order chi connectivity index (χ1) is 13.7. The third-order valence-corrected chi connectivity index (χ3v) is 5.27. The number of ether oxygens (including phenoxy) is 1. The molecule has 1 fully saturated rings. The van der Waals surface area contributed by atoms with E-state index in [1.165, 1.54) is 0 Å². The Kier molecular flexibility index (Phi) is 5.58. The molecule has 0 aromatic heterocycles. The zero-order valence-corrected chi connectivity index (χ0v) is 15.8. The fraction of sp³-hybridized carbons (Fsp3) is 0.364. The largest absolute Gasteiger partial charge is 0.376 e. The number of hydrogen-bond acceptors (Lipinski definition) is 3. The summed E-state index contributed by atoms with van der Waals surface area (Å²) in [4.78, 5) is 26.5. The summed E-state index contributed by atoms with van der Waals surface area (Å²) in [5, 5.41) is 5.75. The zero-order valence-electron chi connectivity index (χ0n) is 15.8. The highest BCUT2D eigenvalue weighted by molar-refractivity contribution is 6.07. The van der Waals surface area contributed by atoms with E-state index in [0.717, 1.165) is 42.7 Å².